The average molecular weight is 323 g/mol. The molecule has 2 rings (SSSR count). The second-order valence-electron chi connectivity index (χ2n) is 4.91. The van der Waals surface area contributed by atoms with Crippen LogP contribution in [0.5, 0.6) is 5.75 Å². The molecule has 3 nitrogen and oxygen atoms in total. The molecule has 6 heteroatoms. The molecule has 0 spiro atoms. The molecule has 0 heterocycles. The van der Waals surface area contributed by atoms with Crippen LogP contribution in [0.4, 0.5) is 18.9 Å². The normalized spacial score (nSPS) is 11.1. The molecule has 0 aromatic heterocycles. The number of ether oxygens (including phenoxy) is 1. The van der Waals surface area contributed by atoms with Crippen LogP contribution in [0.2, 0.25) is 0 Å². The van der Waals surface area contributed by atoms with Gasteiger partial charge >= 0.3 is 6.18 Å². The monoisotopic (exact) mass is 323 g/mol. The lowest BCUT2D eigenvalue weighted by Crippen LogP contribution is -2.20. The van der Waals surface area contributed by atoms with Crippen LogP contribution in [0.1, 0.15) is 18.1 Å². The molecule has 0 saturated heterocycles. The SMILES string of the molecule is CCc1ccc(NC(=O)COc2cccc(C(F)(F)F)c2)cc1. The number of carbonyl (C=O) groups is 1. The highest BCUT2D eigenvalue weighted by Gasteiger charge is 2.30. The fraction of sp³-hybridized carbons (Fsp3) is 0.235. The Labute approximate surface area is 132 Å². The Morgan fingerprint density at radius 3 is 2.43 bits per heavy atom. The molecule has 0 aliphatic heterocycles. The zero-order valence-electron chi connectivity index (χ0n) is 12.5. The van der Waals surface area contributed by atoms with Gasteiger partial charge in [0, 0.05) is 5.69 Å². The van der Waals surface area contributed by atoms with Crippen LogP contribution in [-0.4, -0.2) is 12.5 Å². The predicted octanol–water partition coefficient (Wildman–Crippen LogP) is 4.29. The van der Waals surface area contributed by atoms with Gasteiger partial charge in [-0.25, -0.2) is 0 Å². The molecular formula is C17H16F3NO2. The van der Waals surface area contributed by atoms with Crippen molar-refractivity contribution in [3.05, 3.63) is 59.7 Å². The van der Waals surface area contributed by atoms with Crippen molar-refractivity contribution in [1.29, 1.82) is 0 Å². The average Bonchev–Trinajstić information content (AvgIpc) is 2.53. The summed E-state index contributed by atoms with van der Waals surface area (Å²) in [5.74, 6) is -0.442. The minimum Gasteiger partial charge on any atom is -0.484 e. The number of hydrogen-bond donors (Lipinski definition) is 1. The van der Waals surface area contributed by atoms with Gasteiger partial charge in [-0.05, 0) is 42.3 Å². The Hall–Kier alpha value is -2.50. The van der Waals surface area contributed by atoms with Crippen molar-refractivity contribution >= 4 is 11.6 Å². The molecule has 0 saturated carbocycles. The summed E-state index contributed by atoms with van der Waals surface area (Å²) in [4.78, 5) is 11.8. The largest absolute Gasteiger partial charge is 0.484 e. The second kappa shape index (κ2) is 7.17. The number of benzene rings is 2. The maximum atomic E-state index is 12.6. The Balaban J connectivity index is 1.91. The second-order valence-corrected chi connectivity index (χ2v) is 4.91. The van der Waals surface area contributed by atoms with Gasteiger partial charge in [-0.1, -0.05) is 25.1 Å². The van der Waals surface area contributed by atoms with Gasteiger partial charge < -0.3 is 10.1 Å². The predicted molar refractivity (Wildman–Crippen MR) is 81.4 cm³/mol. The summed E-state index contributed by atoms with van der Waals surface area (Å²) >= 11 is 0. The van der Waals surface area contributed by atoms with Crippen molar-refractivity contribution in [3.8, 4) is 5.75 Å². The number of rotatable bonds is 5. The molecule has 122 valence electrons. The number of carbonyl (C=O) groups excluding carboxylic acids is 1. The highest BCUT2D eigenvalue weighted by molar-refractivity contribution is 5.91. The lowest BCUT2D eigenvalue weighted by molar-refractivity contribution is -0.137. The van der Waals surface area contributed by atoms with Crippen LogP contribution in [0, 0.1) is 0 Å². The van der Waals surface area contributed by atoms with E-state index in [-0.39, 0.29) is 12.4 Å². The van der Waals surface area contributed by atoms with Crippen LogP contribution in [0.25, 0.3) is 0 Å². The van der Waals surface area contributed by atoms with Gasteiger partial charge in [-0.3, -0.25) is 4.79 Å². The highest BCUT2D eigenvalue weighted by Crippen LogP contribution is 2.31. The minimum absolute atomic E-state index is 0.00342. The first-order chi connectivity index (χ1) is 10.9. The van der Waals surface area contributed by atoms with E-state index in [0.717, 1.165) is 24.1 Å². The third-order valence-electron chi connectivity index (χ3n) is 3.18. The lowest BCUT2D eigenvalue weighted by atomic mass is 10.1. The molecule has 1 N–H and O–H groups in total. The first kappa shape index (κ1) is 16.9. The van der Waals surface area contributed by atoms with E-state index in [0.29, 0.717) is 5.69 Å². The van der Waals surface area contributed by atoms with Crippen LogP contribution < -0.4 is 10.1 Å². The molecule has 0 bridgehead atoms. The summed E-state index contributed by atoms with van der Waals surface area (Å²) in [6.45, 7) is 1.66. The summed E-state index contributed by atoms with van der Waals surface area (Å²) in [5, 5.41) is 2.62. The van der Waals surface area contributed by atoms with Crippen molar-refractivity contribution in [3.63, 3.8) is 0 Å². The first-order valence-corrected chi connectivity index (χ1v) is 7.07. The fourth-order valence-corrected chi connectivity index (χ4v) is 1.93. The summed E-state index contributed by atoms with van der Waals surface area (Å²) in [5.41, 5.74) is 0.939. The van der Waals surface area contributed by atoms with Crippen molar-refractivity contribution in [2.45, 2.75) is 19.5 Å². The van der Waals surface area contributed by atoms with Gasteiger partial charge in [0.15, 0.2) is 6.61 Å². The first-order valence-electron chi connectivity index (χ1n) is 7.07. The number of alkyl halides is 3. The van der Waals surface area contributed by atoms with E-state index in [1.807, 2.05) is 19.1 Å². The molecule has 0 atom stereocenters. The van der Waals surface area contributed by atoms with E-state index >= 15 is 0 Å². The number of hydrogen-bond acceptors (Lipinski definition) is 2. The number of amides is 1. The van der Waals surface area contributed by atoms with Crippen molar-refractivity contribution in [1.82, 2.24) is 0 Å². The van der Waals surface area contributed by atoms with Gasteiger partial charge in [0.1, 0.15) is 5.75 Å². The lowest BCUT2D eigenvalue weighted by Gasteiger charge is -2.10. The van der Waals surface area contributed by atoms with Crippen LogP contribution >= 0.6 is 0 Å². The molecule has 0 radical (unpaired) electrons. The third kappa shape index (κ3) is 5.02. The molecule has 2 aromatic rings. The summed E-state index contributed by atoms with van der Waals surface area (Å²) < 4.78 is 42.9. The van der Waals surface area contributed by atoms with E-state index < -0.39 is 17.6 Å². The zero-order valence-corrected chi connectivity index (χ0v) is 12.5. The number of aryl methyl sites for hydroxylation is 1. The molecule has 0 aliphatic carbocycles. The Kier molecular flexibility index (Phi) is 5.26. The molecule has 0 unspecified atom stereocenters. The van der Waals surface area contributed by atoms with Gasteiger partial charge in [0.25, 0.3) is 5.91 Å². The molecule has 0 aliphatic rings. The topological polar surface area (TPSA) is 38.3 Å². The molecule has 1 amide bonds. The number of anilines is 1. The van der Waals surface area contributed by atoms with Crippen molar-refractivity contribution in [2.24, 2.45) is 0 Å². The van der Waals surface area contributed by atoms with E-state index in [2.05, 4.69) is 5.32 Å². The van der Waals surface area contributed by atoms with Gasteiger partial charge in [0.2, 0.25) is 0 Å². The van der Waals surface area contributed by atoms with E-state index in [9.17, 15) is 18.0 Å². The Bertz CT molecular complexity index is 666. The fourth-order valence-electron chi connectivity index (χ4n) is 1.93. The van der Waals surface area contributed by atoms with Crippen molar-refractivity contribution in [2.75, 3.05) is 11.9 Å². The van der Waals surface area contributed by atoms with E-state index in [4.69, 9.17) is 4.74 Å². The van der Waals surface area contributed by atoms with Gasteiger partial charge in [-0.2, -0.15) is 13.2 Å². The summed E-state index contributed by atoms with van der Waals surface area (Å²) in [6.07, 6.45) is -3.55. The third-order valence-corrected chi connectivity index (χ3v) is 3.18. The minimum atomic E-state index is -4.44. The van der Waals surface area contributed by atoms with Crippen molar-refractivity contribution < 1.29 is 22.7 Å². The van der Waals surface area contributed by atoms with Crippen LogP contribution in [-0.2, 0) is 17.4 Å². The number of halogens is 3. The highest BCUT2D eigenvalue weighted by atomic mass is 19.4. The quantitative estimate of drug-likeness (QED) is 0.891. The zero-order chi connectivity index (χ0) is 16.9. The smallest absolute Gasteiger partial charge is 0.416 e. The summed E-state index contributed by atoms with van der Waals surface area (Å²) in [6, 6.07) is 11.7. The number of nitrogens with one attached hydrogen (secondary N) is 1. The van der Waals surface area contributed by atoms with Gasteiger partial charge in [0.05, 0.1) is 5.56 Å². The summed E-state index contributed by atoms with van der Waals surface area (Å²) in [7, 11) is 0. The maximum Gasteiger partial charge on any atom is 0.416 e. The van der Waals surface area contributed by atoms with Gasteiger partial charge in [-0.15, -0.1) is 0 Å². The van der Waals surface area contributed by atoms with Crippen LogP contribution in [0.3, 0.4) is 0 Å². The molecule has 23 heavy (non-hydrogen) atoms. The molecule has 0 fully saturated rings. The standard InChI is InChI=1S/C17H16F3NO2/c1-2-12-6-8-14(9-7-12)21-16(22)11-23-15-5-3-4-13(10-15)17(18,19)20/h3-10H,2,11H2,1H3,(H,21,22). The Morgan fingerprint density at radius 1 is 1.13 bits per heavy atom. The van der Waals surface area contributed by atoms with E-state index in [1.54, 1.807) is 12.1 Å². The van der Waals surface area contributed by atoms with E-state index in [1.165, 1.54) is 12.1 Å². The van der Waals surface area contributed by atoms with Crippen LogP contribution in [0.15, 0.2) is 48.5 Å². The maximum absolute atomic E-state index is 12.6. The Morgan fingerprint density at radius 2 is 1.83 bits per heavy atom. The molecular weight excluding hydrogens is 307 g/mol. The molecule has 2 aromatic carbocycles.